The molecule has 22 heteroatoms. The fraction of sp³-hybridized carbons (Fsp3) is 0.560. The molecular formula is C50H68N8O14. The molecule has 72 heavy (non-hydrogen) atoms. The van der Waals surface area contributed by atoms with Crippen molar-refractivity contribution < 1.29 is 67.6 Å². The quantitative estimate of drug-likeness (QED) is 0.125. The molecule has 0 aliphatic carbocycles. The Morgan fingerprint density at radius 1 is 0.542 bits per heavy atom. The van der Waals surface area contributed by atoms with Crippen molar-refractivity contribution in [2.45, 2.75) is 141 Å². The lowest BCUT2D eigenvalue weighted by molar-refractivity contribution is -0.162. The summed E-state index contributed by atoms with van der Waals surface area (Å²) in [6.07, 6.45) is -0.934. The predicted molar refractivity (Wildman–Crippen MR) is 257 cm³/mol. The molecule has 6 N–H and O–H groups in total. The highest BCUT2D eigenvalue weighted by atomic mass is 16.6. The van der Waals surface area contributed by atoms with Crippen LogP contribution in [0, 0.1) is 0 Å². The van der Waals surface area contributed by atoms with Crippen LogP contribution in [0.5, 0.6) is 0 Å². The summed E-state index contributed by atoms with van der Waals surface area (Å²) < 4.78 is 10.5. The average molecular weight is 1010 g/mol. The minimum absolute atomic E-state index is 0.0636. The van der Waals surface area contributed by atoms with Gasteiger partial charge in [0, 0.05) is 77.8 Å². The Morgan fingerprint density at radius 2 is 0.875 bits per heavy atom. The minimum Gasteiger partial charge on any atom is -0.478 e. The van der Waals surface area contributed by atoms with Crippen molar-refractivity contribution in [3.63, 3.8) is 0 Å². The Labute approximate surface area is 418 Å². The summed E-state index contributed by atoms with van der Waals surface area (Å²) in [6.45, 7) is 9.41. The number of ether oxygens (including phenoxy) is 2. The molecule has 0 spiro atoms. The van der Waals surface area contributed by atoms with Gasteiger partial charge in [-0.2, -0.15) is 0 Å². The third-order valence-corrected chi connectivity index (χ3v) is 12.3. The number of likely N-dealkylation sites (tertiary alicyclic amines) is 2. The molecule has 3 heterocycles. The largest absolute Gasteiger partial charge is 0.478 e. The number of carbonyl (C=O) groups excluding carboxylic acids is 8. The average Bonchev–Trinajstić information content (AvgIpc) is 3.93. The number of carbonyl (C=O) groups is 10. The number of amides is 8. The Bertz CT molecular complexity index is 2200. The number of rotatable bonds is 18. The van der Waals surface area contributed by atoms with Crippen molar-refractivity contribution in [1.29, 1.82) is 0 Å². The van der Waals surface area contributed by atoms with E-state index in [-0.39, 0.29) is 103 Å². The SMILES string of the molecule is CC(C)(C)OC(=O)NCc1ccc(CCC(=O)N2CCCC2(NC(=O)CN2CCC(=O)N(CC(=O)NC3(C(=O)O)CCCN3C(=O)CCc3ccc(CNC(=O)OC(C)(C)C)cc3)CCC2=O)C(=O)O)cc1. The molecule has 3 aliphatic heterocycles. The van der Waals surface area contributed by atoms with E-state index in [1.54, 1.807) is 90.1 Å². The van der Waals surface area contributed by atoms with Crippen molar-refractivity contribution in [2.24, 2.45) is 0 Å². The van der Waals surface area contributed by atoms with Crippen LogP contribution in [-0.4, -0.2) is 151 Å². The molecule has 0 saturated carbocycles. The van der Waals surface area contributed by atoms with Crippen LogP contribution in [0.4, 0.5) is 9.59 Å². The maximum atomic E-state index is 13.5. The van der Waals surface area contributed by atoms with E-state index in [1.165, 1.54) is 0 Å². The fourth-order valence-electron chi connectivity index (χ4n) is 8.77. The second-order valence-electron chi connectivity index (χ2n) is 20.2. The van der Waals surface area contributed by atoms with Crippen molar-refractivity contribution >= 4 is 59.6 Å². The van der Waals surface area contributed by atoms with Crippen molar-refractivity contribution in [2.75, 3.05) is 39.3 Å². The number of hydrogen-bond acceptors (Lipinski definition) is 12. The molecule has 2 unspecified atom stereocenters. The van der Waals surface area contributed by atoms with Crippen LogP contribution in [0.2, 0.25) is 0 Å². The van der Waals surface area contributed by atoms with Crippen molar-refractivity contribution in [1.82, 2.24) is 40.9 Å². The number of alkyl carbamates (subject to hydrolysis) is 2. The van der Waals surface area contributed by atoms with E-state index in [0.29, 0.717) is 0 Å². The monoisotopic (exact) mass is 1000 g/mol. The molecule has 0 bridgehead atoms. The summed E-state index contributed by atoms with van der Waals surface area (Å²) >= 11 is 0. The zero-order valence-electron chi connectivity index (χ0n) is 41.9. The number of aryl methyl sites for hydroxylation is 2. The first-order valence-corrected chi connectivity index (χ1v) is 24.1. The van der Waals surface area contributed by atoms with E-state index in [4.69, 9.17) is 9.47 Å². The zero-order chi connectivity index (χ0) is 53.0. The third-order valence-electron chi connectivity index (χ3n) is 12.3. The number of hydrogen-bond donors (Lipinski definition) is 6. The predicted octanol–water partition coefficient (Wildman–Crippen LogP) is 2.79. The lowest BCUT2D eigenvalue weighted by atomic mass is 10.0. The van der Waals surface area contributed by atoms with E-state index >= 15 is 0 Å². The van der Waals surface area contributed by atoms with E-state index in [2.05, 4.69) is 21.3 Å². The molecule has 3 fully saturated rings. The molecule has 0 radical (unpaired) electrons. The van der Waals surface area contributed by atoms with Gasteiger partial charge in [0.2, 0.25) is 46.8 Å². The molecule has 8 amide bonds. The standard InChI is InChI=1S/C50H68N8O14/c1-47(2,3)71-45(69)51-29-35-13-9-33(10-14-35)17-19-41(63)57-25-7-23-49(57,43(65)66)53-37(59)31-55-27-21-40(62)56(28-22-39(55)61)32-38(60)54-50(44(67)68)24-8-26-58(50)42(64)20-18-34-11-15-36(16-12-34)30-52-46(70)72-48(4,5)6/h9-16H,7-8,17-32H2,1-6H3,(H,51,69)(H,52,70)(H,53,59)(H,54,60)(H,65,66)(H,67,68). The molecule has 2 aromatic rings. The second-order valence-corrected chi connectivity index (χ2v) is 20.2. The third kappa shape index (κ3) is 15.4. The first-order valence-electron chi connectivity index (χ1n) is 24.1. The number of aliphatic carboxylic acids is 2. The molecule has 0 aromatic heterocycles. The van der Waals surface area contributed by atoms with Gasteiger partial charge in [-0.1, -0.05) is 48.5 Å². The molecule has 5 rings (SSSR count). The maximum absolute atomic E-state index is 13.5. The Kier molecular flexibility index (Phi) is 18.4. The summed E-state index contributed by atoms with van der Waals surface area (Å²) in [5.74, 6) is -6.76. The van der Waals surface area contributed by atoms with Gasteiger partial charge in [0.1, 0.15) is 11.2 Å². The van der Waals surface area contributed by atoms with Crippen LogP contribution in [0.25, 0.3) is 0 Å². The highest BCUT2D eigenvalue weighted by Gasteiger charge is 2.52. The van der Waals surface area contributed by atoms with Crippen molar-refractivity contribution in [3.8, 4) is 0 Å². The second kappa shape index (κ2) is 23.8. The van der Waals surface area contributed by atoms with Gasteiger partial charge in [0.25, 0.3) is 0 Å². The molecule has 2 atom stereocenters. The number of carboxylic acids is 2. The molecule has 22 nitrogen and oxygen atoms in total. The molecular weight excluding hydrogens is 937 g/mol. The topological polar surface area (TPSA) is 291 Å². The zero-order valence-corrected chi connectivity index (χ0v) is 41.9. The normalized spacial score (nSPS) is 19.5. The van der Waals surface area contributed by atoms with E-state index in [1.807, 2.05) is 0 Å². The highest BCUT2D eigenvalue weighted by molar-refractivity contribution is 5.95. The van der Waals surface area contributed by atoms with Crippen LogP contribution in [-0.2, 0) is 73.8 Å². The maximum Gasteiger partial charge on any atom is 0.407 e. The summed E-state index contributed by atoms with van der Waals surface area (Å²) in [5.41, 5.74) is -2.26. The number of nitrogens with zero attached hydrogens (tertiary/aromatic N) is 4. The molecule has 3 saturated heterocycles. The number of carboxylic acid groups (broad SMARTS) is 2. The summed E-state index contributed by atoms with van der Waals surface area (Å²) in [5, 5.41) is 31.1. The summed E-state index contributed by atoms with van der Waals surface area (Å²) in [7, 11) is 0. The lowest BCUT2D eigenvalue weighted by Crippen LogP contribution is -2.65. The summed E-state index contributed by atoms with van der Waals surface area (Å²) in [6, 6.07) is 14.3. The van der Waals surface area contributed by atoms with Gasteiger partial charge in [-0.05, 0) is 89.5 Å². The fourth-order valence-corrected chi connectivity index (χ4v) is 8.77. The van der Waals surface area contributed by atoms with Crippen molar-refractivity contribution in [3.05, 3.63) is 70.8 Å². The van der Waals surface area contributed by atoms with Crippen LogP contribution < -0.4 is 21.3 Å². The highest BCUT2D eigenvalue weighted by Crippen LogP contribution is 2.30. The smallest absolute Gasteiger partial charge is 0.407 e. The van der Waals surface area contributed by atoms with Gasteiger partial charge >= 0.3 is 24.1 Å². The molecule has 3 aliphatic rings. The van der Waals surface area contributed by atoms with E-state index in [9.17, 15) is 58.2 Å². The first kappa shape index (κ1) is 55.7. The van der Waals surface area contributed by atoms with Crippen LogP contribution in [0.1, 0.15) is 115 Å². The van der Waals surface area contributed by atoms with Gasteiger partial charge in [-0.25, -0.2) is 19.2 Å². The van der Waals surface area contributed by atoms with Gasteiger partial charge in [0.15, 0.2) is 0 Å². The molecule has 2 aromatic carbocycles. The number of nitrogens with one attached hydrogen (secondary N) is 4. The first-order chi connectivity index (χ1) is 33.8. The van der Waals surface area contributed by atoms with Gasteiger partial charge in [-0.15, -0.1) is 0 Å². The molecule has 392 valence electrons. The Morgan fingerprint density at radius 3 is 1.19 bits per heavy atom. The Hall–Kier alpha value is -7.26. The van der Waals surface area contributed by atoms with Crippen LogP contribution in [0.15, 0.2) is 48.5 Å². The van der Waals surface area contributed by atoms with Gasteiger partial charge in [0.05, 0.1) is 13.1 Å². The number of benzene rings is 2. The van der Waals surface area contributed by atoms with E-state index in [0.717, 1.165) is 41.9 Å². The lowest BCUT2D eigenvalue weighted by Gasteiger charge is -2.37. The Balaban J connectivity index is 1.10. The minimum atomic E-state index is -2.07. The summed E-state index contributed by atoms with van der Waals surface area (Å²) in [4.78, 5) is 135. The van der Waals surface area contributed by atoms with Gasteiger partial charge in [-0.3, -0.25) is 28.8 Å². The van der Waals surface area contributed by atoms with Crippen LogP contribution >= 0.6 is 0 Å². The van der Waals surface area contributed by atoms with Gasteiger partial charge < -0.3 is 60.6 Å². The van der Waals surface area contributed by atoms with Crippen LogP contribution in [0.3, 0.4) is 0 Å². The van der Waals surface area contributed by atoms with E-state index < -0.39 is 95.2 Å².